The maximum Gasteiger partial charge on any atom is 0.0704 e. The zero-order valence-corrected chi connectivity index (χ0v) is 8.55. The largest absolute Gasteiger partial charge is 0.391 e. The molecule has 0 aliphatic rings. The number of hydrogen-bond acceptors (Lipinski definition) is 2. The van der Waals surface area contributed by atoms with Gasteiger partial charge in [0.25, 0.3) is 0 Å². The molecule has 0 radical (unpaired) electrons. The van der Waals surface area contributed by atoms with Gasteiger partial charge < -0.3 is 10.8 Å². The summed E-state index contributed by atoms with van der Waals surface area (Å²) in [5.41, 5.74) is 7.65. The van der Waals surface area contributed by atoms with Crippen LogP contribution in [0.3, 0.4) is 0 Å². The van der Waals surface area contributed by atoms with E-state index in [0.717, 1.165) is 11.1 Å². The first-order valence-corrected chi connectivity index (χ1v) is 4.60. The van der Waals surface area contributed by atoms with E-state index in [1.54, 1.807) is 6.92 Å². The molecular formula is C10H14ClNO. The van der Waals surface area contributed by atoms with Crippen LogP contribution in [0.5, 0.6) is 0 Å². The summed E-state index contributed by atoms with van der Waals surface area (Å²) in [6.07, 6.45) is -0.558. The summed E-state index contributed by atoms with van der Waals surface area (Å²) in [6, 6.07) is 5.18. The van der Waals surface area contributed by atoms with E-state index >= 15 is 0 Å². The summed E-state index contributed by atoms with van der Waals surface area (Å²) in [7, 11) is 0. The van der Waals surface area contributed by atoms with Gasteiger partial charge in [-0.2, -0.15) is 0 Å². The number of hydrogen-bond donors (Lipinski definition) is 2. The Labute approximate surface area is 83.3 Å². The third-order valence-electron chi connectivity index (χ3n) is 2.19. The first kappa shape index (κ1) is 10.5. The van der Waals surface area contributed by atoms with Crippen molar-refractivity contribution in [2.45, 2.75) is 26.0 Å². The van der Waals surface area contributed by atoms with Gasteiger partial charge in [0, 0.05) is 5.02 Å². The Bertz CT molecular complexity index is 299. The minimum atomic E-state index is -0.558. The van der Waals surface area contributed by atoms with Crippen LogP contribution in [0.4, 0.5) is 0 Å². The number of aliphatic hydroxyl groups is 1. The molecule has 13 heavy (non-hydrogen) atoms. The molecule has 0 amide bonds. The summed E-state index contributed by atoms with van der Waals surface area (Å²) >= 11 is 5.93. The molecule has 0 aromatic heterocycles. The number of halogens is 1. The SMILES string of the molecule is Cc1c(Cl)cccc1[C@@H](N)[C@@H](C)O. The number of rotatable bonds is 2. The quantitative estimate of drug-likeness (QED) is 0.766. The van der Waals surface area contributed by atoms with Crippen LogP contribution in [0.2, 0.25) is 5.02 Å². The van der Waals surface area contributed by atoms with Gasteiger partial charge in [0.05, 0.1) is 12.1 Å². The fourth-order valence-corrected chi connectivity index (χ4v) is 1.43. The van der Waals surface area contributed by atoms with Gasteiger partial charge in [-0.3, -0.25) is 0 Å². The molecule has 2 atom stereocenters. The molecule has 0 saturated heterocycles. The highest BCUT2D eigenvalue weighted by molar-refractivity contribution is 6.31. The van der Waals surface area contributed by atoms with E-state index in [0.29, 0.717) is 5.02 Å². The number of nitrogens with two attached hydrogens (primary N) is 1. The maximum absolute atomic E-state index is 9.32. The summed E-state index contributed by atoms with van der Waals surface area (Å²) in [4.78, 5) is 0. The molecule has 0 aliphatic carbocycles. The lowest BCUT2D eigenvalue weighted by Gasteiger charge is -2.17. The summed E-state index contributed by atoms with van der Waals surface area (Å²) in [5.74, 6) is 0. The van der Waals surface area contributed by atoms with Crippen molar-refractivity contribution in [3.05, 3.63) is 34.3 Å². The highest BCUT2D eigenvalue weighted by Gasteiger charge is 2.14. The topological polar surface area (TPSA) is 46.2 Å². The monoisotopic (exact) mass is 199 g/mol. The zero-order valence-electron chi connectivity index (χ0n) is 7.79. The van der Waals surface area contributed by atoms with Gasteiger partial charge in [-0.25, -0.2) is 0 Å². The van der Waals surface area contributed by atoms with Crippen LogP contribution >= 0.6 is 11.6 Å². The molecule has 2 nitrogen and oxygen atoms in total. The van der Waals surface area contributed by atoms with Crippen molar-refractivity contribution in [3.8, 4) is 0 Å². The smallest absolute Gasteiger partial charge is 0.0704 e. The van der Waals surface area contributed by atoms with E-state index in [-0.39, 0.29) is 6.04 Å². The standard InChI is InChI=1S/C10H14ClNO/c1-6-8(10(12)7(2)13)4-3-5-9(6)11/h3-5,7,10,13H,12H2,1-2H3/t7-,10+/m1/s1. The van der Waals surface area contributed by atoms with E-state index in [4.69, 9.17) is 17.3 Å². The molecule has 0 spiro atoms. The molecule has 0 bridgehead atoms. The van der Waals surface area contributed by atoms with Gasteiger partial charge in [0.15, 0.2) is 0 Å². The van der Waals surface area contributed by atoms with Crippen molar-refractivity contribution in [1.29, 1.82) is 0 Å². The lowest BCUT2D eigenvalue weighted by molar-refractivity contribution is 0.164. The normalized spacial score (nSPS) is 15.5. The predicted molar refractivity (Wildman–Crippen MR) is 54.8 cm³/mol. The van der Waals surface area contributed by atoms with Crippen LogP contribution in [-0.4, -0.2) is 11.2 Å². The number of aliphatic hydroxyl groups excluding tert-OH is 1. The summed E-state index contributed by atoms with van der Waals surface area (Å²) in [5, 5.41) is 10.0. The highest BCUT2D eigenvalue weighted by atomic mass is 35.5. The van der Waals surface area contributed by atoms with Crippen molar-refractivity contribution in [2.75, 3.05) is 0 Å². The van der Waals surface area contributed by atoms with Gasteiger partial charge in [-0.15, -0.1) is 0 Å². The van der Waals surface area contributed by atoms with Crippen LogP contribution in [0, 0.1) is 6.92 Å². The summed E-state index contributed by atoms with van der Waals surface area (Å²) in [6.45, 7) is 3.57. The second kappa shape index (κ2) is 4.09. The van der Waals surface area contributed by atoms with Crippen molar-refractivity contribution in [1.82, 2.24) is 0 Å². The third-order valence-corrected chi connectivity index (χ3v) is 2.60. The average molecular weight is 200 g/mol. The first-order chi connectivity index (χ1) is 6.04. The molecule has 1 aromatic carbocycles. The lowest BCUT2D eigenvalue weighted by atomic mass is 9.99. The van der Waals surface area contributed by atoms with E-state index in [2.05, 4.69) is 0 Å². The van der Waals surface area contributed by atoms with Gasteiger partial charge in [-0.1, -0.05) is 23.7 Å². The fraction of sp³-hybridized carbons (Fsp3) is 0.400. The Morgan fingerprint density at radius 2 is 2.08 bits per heavy atom. The Kier molecular flexibility index (Phi) is 3.31. The molecular weight excluding hydrogens is 186 g/mol. The van der Waals surface area contributed by atoms with Gasteiger partial charge in [-0.05, 0) is 31.0 Å². The molecule has 0 saturated carbocycles. The van der Waals surface area contributed by atoms with Crippen LogP contribution in [0.1, 0.15) is 24.1 Å². The second-order valence-corrected chi connectivity index (χ2v) is 3.63. The van der Waals surface area contributed by atoms with Crippen LogP contribution in [0.15, 0.2) is 18.2 Å². The van der Waals surface area contributed by atoms with Gasteiger partial charge >= 0.3 is 0 Å². The molecule has 0 heterocycles. The predicted octanol–water partition coefficient (Wildman–Crippen LogP) is 2.03. The van der Waals surface area contributed by atoms with Crippen molar-refractivity contribution in [2.24, 2.45) is 5.73 Å². The molecule has 72 valence electrons. The van der Waals surface area contributed by atoms with Gasteiger partial charge in [0.2, 0.25) is 0 Å². The Morgan fingerprint density at radius 3 is 2.62 bits per heavy atom. The number of benzene rings is 1. The van der Waals surface area contributed by atoms with Crippen molar-refractivity contribution < 1.29 is 5.11 Å². The minimum Gasteiger partial charge on any atom is -0.391 e. The Balaban J connectivity index is 3.07. The zero-order chi connectivity index (χ0) is 10.0. The molecule has 3 N–H and O–H groups in total. The Morgan fingerprint density at radius 1 is 1.46 bits per heavy atom. The van der Waals surface area contributed by atoms with Crippen LogP contribution in [-0.2, 0) is 0 Å². The van der Waals surface area contributed by atoms with E-state index in [1.165, 1.54) is 0 Å². The average Bonchev–Trinajstić information content (AvgIpc) is 2.08. The van der Waals surface area contributed by atoms with E-state index in [9.17, 15) is 5.11 Å². The lowest BCUT2D eigenvalue weighted by Crippen LogP contribution is -2.23. The molecule has 1 rings (SSSR count). The highest BCUT2D eigenvalue weighted by Crippen LogP contribution is 2.24. The molecule has 0 unspecified atom stereocenters. The van der Waals surface area contributed by atoms with Crippen LogP contribution < -0.4 is 5.73 Å². The van der Waals surface area contributed by atoms with E-state index < -0.39 is 6.10 Å². The van der Waals surface area contributed by atoms with Crippen molar-refractivity contribution in [3.63, 3.8) is 0 Å². The van der Waals surface area contributed by atoms with Crippen LogP contribution in [0.25, 0.3) is 0 Å². The fourth-order valence-electron chi connectivity index (χ4n) is 1.25. The first-order valence-electron chi connectivity index (χ1n) is 4.22. The summed E-state index contributed by atoms with van der Waals surface area (Å²) < 4.78 is 0. The maximum atomic E-state index is 9.32. The molecule has 3 heteroatoms. The minimum absolute atomic E-state index is 0.362. The Hall–Kier alpha value is -0.570. The molecule has 1 aromatic rings. The third kappa shape index (κ3) is 2.21. The van der Waals surface area contributed by atoms with Crippen molar-refractivity contribution >= 4 is 11.6 Å². The van der Waals surface area contributed by atoms with E-state index in [1.807, 2.05) is 25.1 Å². The second-order valence-electron chi connectivity index (χ2n) is 3.22. The van der Waals surface area contributed by atoms with Gasteiger partial charge in [0.1, 0.15) is 0 Å². The molecule has 0 aliphatic heterocycles. The molecule has 0 fully saturated rings.